The number of carbonyl (C=O) groups is 1. The molecule has 0 saturated heterocycles. The SMILES string of the molecule is C=CCOc1c(Cl)cc(N)cc1NC(=O)OC. The lowest BCUT2D eigenvalue weighted by Crippen LogP contribution is -2.12. The average molecular weight is 257 g/mol. The zero-order chi connectivity index (χ0) is 12.8. The van der Waals surface area contributed by atoms with Gasteiger partial charge in [-0.3, -0.25) is 5.32 Å². The van der Waals surface area contributed by atoms with E-state index in [1.54, 1.807) is 6.08 Å². The van der Waals surface area contributed by atoms with Crippen LogP contribution in [0.5, 0.6) is 5.75 Å². The normalized spacial score (nSPS) is 9.53. The Hall–Kier alpha value is -1.88. The number of nitrogen functional groups attached to an aromatic ring is 1. The first-order valence-corrected chi connectivity index (χ1v) is 5.14. The molecule has 1 rings (SSSR count). The van der Waals surface area contributed by atoms with E-state index in [1.807, 2.05) is 0 Å². The summed E-state index contributed by atoms with van der Waals surface area (Å²) in [6.07, 6.45) is 0.935. The Kier molecular flexibility index (Phi) is 4.66. The molecule has 92 valence electrons. The second kappa shape index (κ2) is 6.00. The molecule has 0 spiro atoms. The Labute approximate surface area is 104 Å². The van der Waals surface area contributed by atoms with E-state index < -0.39 is 6.09 Å². The van der Waals surface area contributed by atoms with Crippen molar-refractivity contribution in [1.29, 1.82) is 0 Å². The van der Waals surface area contributed by atoms with Crippen molar-refractivity contribution < 1.29 is 14.3 Å². The van der Waals surface area contributed by atoms with Gasteiger partial charge in [0.15, 0.2) is 5.75 Å². The van der Waals surface area contributed by atoms with Crippen LogP contribution in [0, 0.1) is 0 Å². The topological polar surface area (TPSA) is 73.6 Å². The van der Waals surface area contributed by atoms with Gasteiger partial charge >= 0.3 is 6.09 Å². The number of rotatable bonds is 4. The van der Waals surface area contributed by atoms with E-state index >= 15 is 0 Å². The van der Waals surface area contributed by atoms with Crippen LogP contribution >= 0.6 is 11.6 Å². The molecule has 0 atom stereocenters. The molecule has 3 N–H and O–H groups in total. The summed E-state index contributed by atoms with van der Waals surface area (Å²) in [5.74, 6) is 0.325. The summed E-state index contributed by atoms with van der Waals surface area (Å²) in [7, 11) is 1.26. The number of carbonyl (C=O) groups excluding carboxylic acids is 1. The molecule has 0 fully saturated rings. The van der Waals surface area contributed by atoms with E-state index in [1.165, 1.54) is 19.2 Å². The molecular weight excluding hydrogens is 244 g/mol. The van der Waals surface area contributed by atoms with Gasteiger partial charge in [-0.25, -0.2) is 4.79 Å². The lowest BCUT2D eigenvalue weighted by Gasteiger charge is -2.13. The molecular formula is C11H13ClN2O3. The molecule has 0 radical (unpaired) electrons. The van der Waals surface area contributed by atoms with Crippen LogP contribution in [0.15, 0.2) is 24.8 Å². The van der Waals surface area contributed by atoms with E-state index in [0.29, 0.717) is 22.1 Å². The first-order chi connectivity index (χ1) is 8.08. The van der Waals surface area contributed by atoms with Crippen molar-refractivity contribution in [3.63, 3.8) is 0 Å². The number of halogens is 1. The number of anilines is 2. The molecule has 0 aromatic heterocycles. The molecule has 1 aromatic carbocycles. The largest absolute Gasteiger partial charge is 0.486 e. The molecule has 0 unspecified atom stereocenters. The number of methoxy groups -OCH3 is 1. The third kappa shape index (κ3) is 3.57. The molecule has 1 aromatic rings. The average Bonchev–Trinajstić information content (AvgIpc) is 2.27. The Morgan fingerprint density at radius 2 is 2.35 bits per heavy atom. The summed E-state index contributed by atoms with van der Waals surface area (Å²) in [4.78, 5) is 11.1. The summed E-state index contributed by atoms with van der Waals surface area (Å²) in [6, 6.07) is 3.06. The van der Waals surface area contributed by atoms with Gasteiger partial charge < -0.3 is 15.2 Å². The van der Waals surface area contributed by atoms with Gasteiger partial charge in [0, 0.05) is 5.69 Å². The standard InChI is InChI=1S/C11H13ClN2O3/c1-3-4-17-10-8(12)5-7(13)6-9(10)14-11(15)16-2/h3,5-6H,1,4,13H2,2H3,(H,14,15). The fraction of sp³-hybridized carbons (Fsp3) is 0.182. The number of benzene rings is 1. The van der Waals surface area contributed by atoms with Crippen molar-refractivity contribution in [3.05, 3.63) is 29.8 Å². The van der Waals surface area contributed by atoms with Crippen molar-refractivity contribution in [2.24, 2.45) is 0 Å². The van der Waals surface area contributed by atoms with Crippen molar-refractivity contribution >= 4 is 29.1 Å². The number of nitrogens with one attached hydrogen (secondary N) is 1. The van der Waals surface area contributed by atoms with Gasteiger partial charge in [0.05, 0.1) is 17.8 Å². The van der Waals surface area contributed by atoms with Crippen LogP contribution in [-0.2, 0) is 4.74 Å². The summed E-state index contributed by atoms with van der Waals surface area (Å²) in [5, 5.41) is 2.77. The molecule has 0 bridgehead atoms. The minimum atomic E-state index is -0.630. The summed E-state index contributed by atoms with van der Waals surface area (Å²) < 4.78 is 9.83. The second-order valence-corrected chi connectivity index (χ2v) is 3.50. The summed E-state index contributed by atoms with van der Waals surface area (Å²) in [6.45, 7) is 3.79. The van der Waals surface area contributed by atoms with Crippen LogP contribution in [-0.4, -0.2) is 19.8 Å². The highest BCUT2D eigenvalue weighted by atomic mass is 35.5. The van der Waals surface area contributed by atoms with Crippen LogP contribution < -0.4 is 15.8 Å². The lowest BCUT2D eigenvalue weighted by molar-refractivity contribution is 0.186. The second-order valence-electron chi connectivity index (χ2n) is 3.10. The maximum Gasteiger partial charge on any atom is 0.411 e. The molecule has 5 nitrogen and oxygen atoms in total. The summed E-state index contributed by atoms with van der Waals surface area (Å²) >= 11 is 5.97. The molecule has 0 heterocycles. The fourth-order valence-corrected chi connectivity index (χ4v) is 1.44. The quantitative estimate of drug-likeness (QED) is 0.642. The monoisotopic (exact) mass is 256 g/mol. The Balaban J connectivity index is 3.05. The smallest absolute Gasteiger partial charge is 0.411 e. The number of hydrogen-bond acceptors (Lipinski definition) is 4. The highest BCUT2D eigenvalue weighted by molar-refractivity contribution is 6.33. The molecule has 6 heteroatoms. The molecule has 0 saturated carbocycles. The van der Waals surface area contributed by atoms with E-state index in [0.717, 1.165) is 0 Å². The van der Waals surface area contributed by atoms with Crippen LogP contribution in [0.4, 0.5) is 16.2 Å². The van der Waals surface area contributed by atoms with Gasteiger partial charge in [-0.2, -0.15) is 0 Å². The van der Waals surface area contributed by atoms with E-state index in [2.05, 4.69) is 16.6 Å². The maximum atomic E-state index is 11.1. The highest BCUT2D eigenvalue weighted by Gasteiger charge is 2.12. The zero-order valence-electron chi connectivity index (χ0n) is 9.33. The third-order valence-corrected chi connectivity index (χ3v) is 2.11. The Bertz CT molecular complexity index is 435. The van der Waals surface area contributed by atoms with E-state index in [9.17, 15) is 4.79 Å². The van der Waals surface area contributed by atoms with Crippen molar-refractivity contribution in [3.8, 4) is 5.75 Å². The number of hydrogen-bond donors (Lipinski definition) is 2. The lowest BCUT2D eigenvalue weighted by atomic mass is 10.2. The first kappa shape index (κ1) is 13.2. The number of ether oxygens (including phenoxy) is 2. The van der Waals surface area contributed by atoms with Gasteiger partial charge in [0.25, 0.3) is 0 Å². The van der Waals surface area contributed by atoms with Gasteiger partial charge in [0.1, 0.15) is 6.61 Å². The number of nitrogens with two attached hydrogens (primary N) is 1. The zero-order valence-corrected chi connectivity index (χ0v) is 10.1. The number of amides is 1. The molecule has 0 aliphatic rings. The highest BCUT2D eigenvalue weighted by Crippen LogP contribution is 2.35. The van der Waals surface area contributed by atoms with Crippen LogP contribution in [0.25, 0.3) is 0 Å². The van der Waals surface area contributed by atoms with Crippen molar-refractivity contribution in [1.82, 2.24) is 0 Å². The fourth-order valence-electron chi connectivity index (χ4n) is 1.16. The van der Waals surface area contributed by atoms with Crippen molar-refractivity contribution in [2.75, 3.05) is 24.8 Å². The van der Waals surface area contributed by atoms with Gasteiger partial charge in [-0.15, -0.1) is 0 Å². The Morgan fingerprint density at radius 3 is 2.94 bits per heavy atom. The van der Waals surface area contributed by atoms with Gasteiger partial charge in [-0.1, -0.05) is 24.3 Å². The molecule has 0 aliphatic carbocycles. The van der Waals surface area contributed by atoms with Crippen LogP contribution in [0.2, 0.25) is 5.02 Å². The van der Waals surface area contributed by atoms with Crippen LogP contribution in [0.3, 0.4) is 0 Å². The molecule has 17 heavy (non-hydrogen) atoms. The van der Waals surface area contributed by atoms with E-state index in [-0.39, 0.29) is 6.61 Å². The predicted molar refractivity (Wildman–Crippen MR) is 67.6 cm³/mol. The predicted octanol–water partition coefficient (Wildman–Crippen LogP) is 2.67. The van der Waals surface area contributed by atoms with E-state index in [4.69, 9.17) is 22.1 Å². The minimum Gasteiger partial charge on any atom is -0.486 e. The van der Waals surface area contributed by atoms with Gasteiger partial charge in [0.2, 0.25) is 0 Å². The van der Waals surface area contributed by atoms with Gasteiger partial charge in [-0.05, 0) is 12.1 Å². The van der Waals surface area contributed by atoms with Crippen LogP contribution in [0.1, 0.15) is 0 Å². The first-order valence-electron chi connectivity index (χ1n) is 4.76. The molecule has 0 aliphatic heterocycles. The summed E-state index contributed by atoms with van der Waals surface area (Å²) in [5.41, 5.74) is 6.38. The third-order valence-electron chi connectivity index (χ3n) is 1.83. The minimum absolute atomic E-state index is 0.263. The molecule has 1 amide bonds. The Morgan fingerprint density at radius 1 is 1.65 bits per heavy atom. The maximum absolute atomic E-state index is 11.1. The van der Waals surface area contributed by atoms with Crippen molar-refractivity contribution in [2.45, 2.75) is 0 Å².